The van der Waals surface area contributed by atoms with Crippen LogP contribution in [0.25, 0.3) is 10.9 Å². The van der Waals surface area contributed by atoms with Crippen molar-refractivity contribution in [1.82, 2.24) is 14.8 Å². The lowest BCUT2D eigenvalue weighted by Gasteiger charge is -2.34. The Hall–Kier alpha value is -2.99. The molecule has 6 nitrogen and oxygen atoms in total. The summed E-state index contributed by atoms with van der Waals surface area (Å²) in [6.45, 7) is 2.08. The van der Waals surface area contributed by atoms with Gasteiger partial charge in [0, 0.05) is 54.0 Å². The van der Waals surface area contributed by atoms with Crippen LogP contribution < -0.4 is 5.32 Å². The molecule has 1 aromatic heterocycles. The molecule has 1 fully saturated rings. The van der Waals surface area contributed by atoms with Crippen LogP contribution in [0.15, 0.2) is 54.7 Å². The molecule has 28 heavy (non-hydrogen) atoms. The number of hydrogen-bond acceptors (Lipinski definition) is 2. The maximum atomic E-state index is 12.7. The number of aromatic amines is 1. The van der Waals surface area contributed by atoms with Gasteiger partial charge in [-0.25, -0.2) is 4.79 Å². The number of para-hydroxylation sites is 1. The van der Waals surface area contributed by atoms with Gasteiger partial charge in [-0.3, -0.25) is 4.79 Å². The molecule has 1 saturated heterocycles. The third kappa shape index (κ3) is 3.97. The monoisotopic (exact) mass is 396 g/mol. The van der Waals surface area contributed by atoms with E-state index in [-0.39, 0.29) is 11.9 Å². The molecule has 2 aromatic carbocycles. The summed E-state index contributed by atoms with van der Waals surface area (Å²) in [5.74, 6) is 0.0830. The zero-order valence-corrected chi connectivity index (χ0v) is 16.1. The van der Waals surface area contributed by atoms with E-state index in [0.717, 1.165) is 16.5 Å². The van der Waals surface area contributed by atoms with E-state index in [4.69, 9.17) is 11.6 Å². The topological polar surface area (TPSA) is 68.4 Å². The predicted molar refractivity (Wildman–Crippen MR) is 111 cm³/mol. The maximum Gasteiger partial charge on any atom is 0.321 e. The molecule has 7 heteroatoms. The van der Waals surface area contributed by atoms with Crippen LogP contribution >= 0.6 is 11.6 Å². The summed E-state index contributed by atoms with van der Waals surface area (Å²) in [5.41, 5.74) is 2.70. The first-order valence-electron chi connectivity index (χ1n) is 9.24. The molecule has 144 valence electrons. The Morgan fingerprint density at radius 1 is 1.00 bits per heavy atom. The van der Waals surface area contributed by atoms with Crippen molar-refractivity contribution in [3.63, 3.8) is 0 Å². The van der Waals surface area contributed by atoms with Gasteiger partial charge in [0.2, 0.25) is 5.91 Å². The molecular formula is C21H21ClN4O2. The maximum absolute atomic E-state index is 12.7. The molecule has 0 aliphatic carbocycles. The number of benzene rings is 2. The predicted octanol–water partition coefficient (Wildman–Crippen LogP) is 3.74. The average Bonchev–Trinajstić information content (AvgIpc) is 3.11. The smallest absolute Gasteiger partial charge is 0.321 e. The van der Waals surface area contributed by atoms with Gasteiger partial charge in [0.15, 0.2) is 0 Å². The van der Waals surface area contributed by atoms with Crippen molar-refractivity contribution >= 4 is 40.1 Å². The van der Waals surface area contributed by atoms with Crippen LogP contribution in [-0.2, 0) is 11.2 Å². The van der Waals surface area contributed by atoms with Crippen LogP contribution in [0.1, 0.15) is 5.56 Å². The van der Waals surface area contributed by atoms with Gasteiger partial charge in [-0.15, -0.1) is 0 Å². The lowest BCUT2D eigenvalue weighted by atomic mass is 10.1. The molecule has 3 amide bonds. The van der Waals surface area contributed by atoms with Gasteiger partial charge in [-0.1, -0.05) is 35.9 Å². The van der Waals surface area contributed by atoms with Crippen LogP contribution in [0.3, 0.4) is 0 Å². The minimum atomic E-state index is -0.175. The van der Waals surface area contributed by atoms with Crippen LogP contribution in [0.5, 0.6) is 0 Å². The number of hydrogen-bond donors (Lipinski definition) is 2. The van der Waals surface area contributed by atoms with Crippen LogP contribution in [0.4, 0.5) is 10.5 Å². The van der Waals surface area contributed by atoms with Crippen molar-refractivity contribution in [2.24, 2.45) is 0 Å². The highest BCUT2D eigenvalue weighted by molar-refractivity contribution is 6.30. The fourth-order valence-electron chi connectivity index (χ4n) is 3.48. The Balaban J connectivity index is 1.32. The minimum absolute atomic E-state index is 0.0830. The fourth-order valence-corrected chi connectivity index (χ4v) is 3.67. The molecule has 0 saturated carbocycles. The summed E-state index contributed by atoms with van der Waals surface area (Å²) in [5, 5.41) is 4.50. The van der Waals surface area contributed by atoms with Gasteiger partial charge in [-0.2, -0.15) is 0 Å². The van der Waals surface area contributed by atoms with Gasteiger partial charge in [0.1, 0.15) is 0 Å². The highest BCUT2D eigenvalue weighted by atomic mass is 35.5. The third-order valence-corrected chi connectivity index (χ3v) is 5.25. The van der Waals surface area contributed by atoms with Gasteiger partial charge < -0.3 is 20.1 Å². The van der Waals surface area contributed by atoms with Gasteiger partial charge in [0.25, 0.3) is 0 Å². The molecule has 0 radical (unpaired) electrons. The number of nitrogens with zero attached hydrogens (tertiary/aromatic N) is 2. The molecule has 1 aliphatic rings. The zero-order valence-electron chi connectivity index (χ0n) is 15.3. The number of urea groups is 1. The lowest BCUT2D eigenvalue weighted by Crippen LogP contribution is -2.52. The normalized spacial score (nSPS) is 14.3. The first-order valence-corrected chi connectivity index (χ1v) is 9.62. The molecule has 0 bridgehead atoms. The second kappa shape index (κ2) is 7.94. The quantitative estimate of drug-likeness (QED) is 0.708. The Morgan fingerprint density at radius 3 is 2.54 bits per heavy atom. The first kappa shape index (κ1) is 18.4. The van der Waals surface area contributed by atoms with E-state index in [1.807, 2.05) is 35.4 Å². The minimum Gasteiger partial charge on any atom is -0.361 e. The first-order chi connectivity index (χ1) is 13.6. The van der Waals surface area contributed by atoms with Crippen LogP contribution in [-0.4, -0.2) is 52.9 Å². The standard InChI is InChI=1S/C21H21ClN4O2/c22-16-4-3-5-17(13-16)24-21(28)26-10-8-25(9-11-26)20(27)12-15-14-23-19-7-2-1-6-18(15)19/h1-7,13-14,23H,8-12H2,(H,24,28). The molecule has 4 rings (SSSR count). The van der Waals surface area contributed by atoms with Gasteiger partial charge >= 0.3 is 6.03 Å². The summed E-state index contributed by atoms with van der Waals surface area (Å²) in [4.78, 5) is 31.9. The summed E-state index contributed by atoms with van der Waals surface area (Å²) in [6.07, 6.45) is 2.26. The van der Waals surface area contributed by atoms with Crippen molar-refractivity contribution in [2.75, 3.05) is 31.5 Å². The van der Waals surface area contributed by atoms with E-state index in [0.29, 0.717) is 43.3 Å². The molecule has 2 heterocycles. The van der Waals surface area contributed by atoms with Crippen molar-refractivity contribution in [3.8, 4) is 0 Å². The van der Waals surface area contributed by atoms with E-state index in [1.54, 1.807) is 29.2 Å². The molecule has 2 N–H and O–H groups in total. The average molecular weight is 397 g/mol. The summed E-state index contributed by atoms with van der Waals surface area (Å²) >= 11 is 5.95. The number of aromatic nitrogens is 1. The second-order valence-electron chi connectivity index (χ2n) is 6.84. The number of H-pyrrole nitrogens is 1. The number of halogens is 1. The van der Waals surface area contributed by atoms with E-state index in [1.165, 1.54) is 0 Å². The van der Waals surface area contributed by atoms with Crippen molar-refractivity contribution in [2.45, 2.75) is 6.42 Å². The van der Waals surface area contributed by atoms with E-state index >= 15 is 0 Å². The number of fused-ring (bicyclic) bond motifs is 1. The number of nitrogens with one attached hydrogen (secondary N) is 2. The zero-order chi connectivity index (χ0) is 19.5. The van der Waals surface area contributed by atoms with Crippen LogP contribution in [0.2, 0.25) is 5.02 Å². The number of rotatable bonds is 3. The third-order valence-electron chi connectivity index (χ3n) is 5.01. The Kier molecular flexibility index (Phi) is 5.21. The molecule has 1 aliphatic heterocycles. The molecule has 0 unspecified atom stereocenters. The van der Waals surface area contributed by atoms with Gasteiger partial charge in [-0.05, 0) is 29.8 Å². The van der Waals surface area contributed by atoms with Crippen molar-refractivity contribution < 1.29 is 9.59 Å². The van der Waals surface area contributed by atoms with E-state index in [9.17, 15) is 9.59 Å². The summed E-state index contributed by atoms with van der Waals surface area (Å²) < 4.78 is 0. The second-order valence-corrected chi connectivity index (χ2v) is 7.28. The highest BCUT2D eigenvalue weighted by Crippen LogP contribution is 2.19. The van der Waals surface area contributed by atoms with E-state index in [2.05, 4.69) is 10.3 Å². The number of amides is 3. The van der Waals surface area contributed by atoms with Crippen molar-refractivity contribution in [3.05, 3.63) is 65.3 Å². The number of anilines is 1. The van der Waals surface area contributed by atoms with Gasteiger partial charge in [0.05, 0.1) is 6.42 Å². The fraction of sp³-hybridized carbons (Fsp3) is 0.238. The summed E-state index contributed by atoms with van der Waals surface area (Å²) in [7, 11) is 0. The Bertz CT molecular complexity index is 1010. The number of carbonyl (C=O) groups is 2. The highest BCUT2D eigenvalue weighted by Gasteiger charge is 2.24. The molecule has 3 aromatic rings. The molecular weight excluding hydrogens is 376 g/mol. The Labute approximate surface area is 168 Å². The van der Waals surface area contributed by atoms with Crippen molar-refractivity contribution in [1.29, 1.82) is 0 Å². The largest absolute Gasteiger partial charge is 0.361 e. The lowest BCUT2D eigenvalue weighted by molar-refractivity contribution is -0.131. The number of piperazine rings is 1. The van der Waals surface area contributed by atoms with E-state index < -0.39 is 0 Å². The Morgan fingerprint density at radius 2 is 1.75 bits per heavy atom. The van der Waals surface area contributed by atoms with Crippen LogP contribution in [0, 0.1) is 0 Å². The SMILES string of the molecule is O=C(Cc1c[nH]c2ccccc12)N1CCN(C(=O)Nc2cccc(Cl)c2)CC1. The molecule has 0 spiro atoms. The summed E-state index contributed by atoms with van der Waals surface area (Å²) in [6, 6.07) is 14.8. The molecule has 0 atom stereocenters. The number of carbonyl (C=O) groups excluding carboxylic acids is 2.